The van der Waals surface area contributed by atoms with Gasteiger partial charge >= 0.3 is 0 Å². The Balaban J connectivity index is 2.65. The lowest BCUT2D eigenvalue weighted by Crippen LogP contribution is -2.10. The van der Waals surface area contributed by atoms with Crippen LogP contribution in [0.3, 0.4) is 0 Å². The van der Waals surface area contributed by atoms with Gasteiger partial charge in [0.1, 0.15) is 0 Å². The van der Waals surface area contributed by atoms with Crippen LogP contribution >= 0.6 is 11.8 Å². The van der Waals surface area contributed by atoms with Gasteiger partial charge in [-0.2, -0.15) is 0 Å². The average Bonchev–Trinajstić information content (AvgIpc) is 2.10. The molecule has 0 atom stereocenters. The average molecular weight is 175 g/mol. The fraction of sp³-hybridized carbons (Fsp3) is 0.833. The number of aromatic nitrogens is 4. The molecule has 1 aromatic rings. The summed E-state index contributed by atoms with van der Waals surface area (Å²) in [6.07, 6.45) is 0.791. The van der Waals surface area contributed by atoms with E-state index < -0.39 is 0 Å². The van der Waals surface area contributed by atoms with E-state index in [1.807, 2.05) is 0 Å². The van der Waals surface area contributed by atoms with Crippen molar-refractivity contribution in [1.82, 2.24) is 19.7 Å². The molecule has 0 radical (unpaired) electrons. The standard InChI is InChI=1S/C6H11ClN4/c1-6(2,3)4-5-8-10-11(7)9-5/h4H2,1-3H3. The first kappa shape index (κ1) is 8.46. The molecular weight excluding hydrogens is 164 g/mol. The van der Waals surface area contributed by atoms with E-state index in [1.165, 1.54) is 0 Å². The normalized spacial score (nSPS) is 12.0. The minimum atomic E-state index is 0.180. The monoisotopic (exact) mass is 174 g/mol. The van der Waals surface area contributed by atoms with Crippen molar-refractivity contribution < 1.29 is 0 Å². The number of halogens is 1. The van der Waals surface area contributed by atoms with Crippen molar-refractivity contribution in [3.8, 4) is 0 Å². The molecule has 0 aromatic carbocycles. The van der Waals surface area contributed by atoms with E-state index >= 15 is 0 Å². The summed E-state index contributed by atoms with van der Waals surface area (Å²) in [6.45, 7) is 6.34. The summed E-state index contributed by atoms with van der Waals surface area (Å²) in [5.41, 5.74) is 0.180. The molecule has 0 N–H and O–H groups in total. The molecule has 0 aliphatic carbocycles. The second-order valence-electron chi connectivity index (χ2n) is 3.68. The summed E-state index contributed by atoms with van der Waals surface area (Å²) in [4.78, 5) is 0. The highest BCUT2D eigenvalue weighted by atomic mass is 35.5. The lowest BCUT2D eigenvalue weighted by Gasteiger charge is -2.14. The quantitative estimate of drug-likeness (QED) is 0.644. The molecule has 0 aliphatic heterocycles. The molecule has 5 heteroatoms. The molecule has 1 aromatic heterocycles. The third kappa shape index (κ3) is 2.84. The number of rotatable bonds is 1. The van der Waals surface area contributed by atoms with E-state index in [4.69, 9.17) is 11.8 Å². The fourth-order valence-corrected chi connectivity index (χ4v) is 0.890. The maximum Gasteiger partial charge on any atom is 0.176 e. The molecule has 0 saturated carbocycles. The molecule has 0 fully saturated rings. The number of hydrogen-bond donors (Lipinski definition) is 0. The van der Waals surface area contributed by atoms with Crippen molar-refractivity contribution in [1.29, 1.82) is 0 Å². The van der Waals surface area contributed by atoms with Gasteiger partial charge in [-0.25, -0.2) is 0 Å². The van der Waals surface area contributed by atoms with Crippen molar-refractivity contribution in [3.05, 3.63) is 5.82 Å². The summed E-state index contributed by atoms with van der Waals surface area (Å²) in [6, 6.07) is 0. The summed E-state index contributed by atoms with van der Waals surface area (Å²) >= 11 is 5.42. The van der Waals surface area contributed by atoms with Crippen LogP contribution in [0, 0.1) is 5.41 Å². The first-order chi connectivity index (χ1) is 4.97. The van der Waals surface area contributed by atoms with E-state index in [9.17, 15) is 0 Å². The van der Waals surface area contributed by atoms with Crippen LogP contribution in [-0.2, 0) is 6.42 Å². The SMILES string of the molecule is CC(C)(C)Cc1nnn(Cl)n1. The molecular formula is C6H11ClN4. The number of nitrogens with zero attached hydrogens (tertiary/aromatic N) is 4. The van der Waals surface area contributed by atoms with Crippen LogP contribution in [0.15, 0.2) is 0 Å². The first-order valence-corrected chi connectivity index (χ1v) is 3.76. The highest BCUT2D eigenvalue weighted by molar-refractivity contribution is 6.13. The molecule has 0 aliphatic rings. The fourth-order valence-electron chi connectivity index (χ4n) is 0.769. The van der Waals surface area contributed by atoms with E-state index in [-0.39, 0.29) is 5.41 Å². The summed E-state index contributed by atoms with van der Waals surface area (Å²) in [5.74, 6) is 0.688. The van der Waals surface area contributed by atoms with Gasteiger partial charge in [0, 0.05) is 6.42 Å². The zero-order chi connectivity index (χ0) is 8.48. The van der Waals surface area contributed by atoms with E-state index in [0.717, 1.165) is 10.7 Å². The van der Waals surface area contributed by atoms with Gasteiger partial charge in [-0.15, -0.1) is 10.2 Å². The van der Waals surface area contributed by atoms with Gasteiger partial charge in [-0.1, -0.05) is 25.1 Å². The third-order valence-electron chi connectivity index (χ3n) is 1.12. The Labute approximate surface area is 70.7 Å². The second kappa shape index (κ2) is 2.77. The molecule has 1 heterocycles. The van der Waals surface area contributed by atoms with Gasteiger partial charge in [0.15, 0.2) is 5.82 Å². The van der Waals surface area contributed by atoms with Crippen LogP contribution in [0.25, 0.3) is 0 Å². The third-order valence-corrected chi connectivity index (χ3v) is 1.26. The molecule has 0 spiro atoms. The van der Waals surface area contributed by atoms with Crippen molar-refractivity contribution in [2.24, 2.45) is 5.41 Å². The zero-order valence-electron chi connectivity index (χ0n) is 6.87. The molecule has 0 unspecified atom stereocenters. The van der Waals surface area contributed by atoms with E-state index in [2.05, 4.69) is 36.2 Å². The van der Waals surface area contributed by atoms with Crippen LogP contribution in [0.5, 0.6) is 0 Å². The summed E-state index contributed by atoms with van der Waals surface area (Å²) in [5, 5.41) is 11.1. The van der Waals surface area contributed by atoms with Crippen LogP contribution < -0.4 is 0 Å². The van der Waals surface area contributed by atoms with Crippen LogP contribution in [0.2, 0.25) is 0 Å². The maximum atomic E-state index is 5.42. The highest BCUT2D eigenvalue weighted by Crippen LogP contribution is 2.17. The molecule has 0 amide bonds. The maximum absolute atomic E-state index is 5.42. The Morgan fingerprint density at radius 1 is 1.45 bits per heavy atom. The van der Waals surface area contributed by atoms with Crippen LogP contribution in [0.4, 0.5) is 0 Å². The van der Waals surface area contributed by atoms with Crippen molar-refractivity contribution in [2.75, 3.05) is 0 Å². The van der Waals surface area contributed by atoms with Crippen LogP contribution in [-0.4, -0.2) is 19.7 Å². The lowest BCUT2D eigenvalue weighted by atomic mass is 9.92. The smallest absolute Gasteiger partial charge is 0.120 e. The topological polar surface area (TPSA) is 43.6 Å². The molecule has 4 nitrogen and oxygen atoms in total. The minimum Gasteiger partial charge on any atom is -0.120 e. The predicted molar refractivity (Wildman–Crippen MR) is 42.2 cm³/mol. The highest BCUT2D eigenvalue weighted by Gasteiger charge is 2.14. The van der Waals surface area contributed by atoms with E-state index in [0.29, 0.717) is 5.82 Å². The van der Waals surface area contributed by atoms with Gasteiger partial charge < -0.3 is 0 Å². The molecule has 1 rings (SSSR count). The molecule has 62 valence electrons. The number of tetrazole rings is 1. The lowest BCUT2D eigenvalue weighted by molar-refractivity contribution is 0.400. The van der Waals surface area contributed by atoms with E-state index in [1.54, 1.807) is 0 Å². The second-order valence-corrected chi connectivity index (χ2v) is 3.99. The van der Waals surface area contributed by atoms with Gasteiger partial charge in [0.25, 0.3) is 0 Å². The van der Waals surface area contributed by atoms with Crippen LogP contribution in [0.1, 0.15) is 26.6 Å². The first-order valence-electron chi connectivity index (χ1n) is 3.42. The minimum absolute atomic E-state index is 0.180. The zero-order valence-corrected chi connectivity index (χ0v) is 7.63. The Morgan fingerprint density at radius 2 is 2.09 bits per heavy atom. The van der Waals surface area contributed by atoms with Gasteiger partial charge in [-0.3, -0.25) is 0 Å². The predicted octanol–water partition coefficient (Wildman–Crippen LogP) is 1.26. The molecule has 0 bridgehead atoms. The number of hydrogen-bond acceptors (Lipinski definition) is 3. The van der Waals surface area contributed by atoms with Gasteiger partial charge in [0.2, 0.25) is 0 Å². The van der Waals surface area contributed by atoms with Crippen molar-refractivity contribution >= 4 is 11.8 Å². The largest absolute Gasteiger partial charge is 0.176 e. The Bertz CT molecular complexity index is 237. The Kier molecular flexibility index (Phi) is 2.13. The Hall–Kier alpha value is -0.640. The summed E-state index contributed by atoms with van der Waals surface area (Å²) in [7, 11) is 0. The molecule has 11 heavy (non-hydrogen) atoms. The van der Waals surface area contributed by atoms with Gasteiger partial charge in [0.05, 0.1) is 11.8 Å². The summed E-state index contributed by atoms with van der Waals surface area (Å²) < 4.78 is 0.959. The molecule has 0 saturated heterocycles. The van der Waals surface area contributed by atoms with Crippen molar-refractivity contribution in [2.45, 2.75) is 27.2 Å². The Morgan fingerprint density at radius 3 is 2.45 bits per heavy atom. The van der Waals surface area contributed by atoms with Crippen molar-refractivity contribution in [3.63, 3.8) is 0 Å². The van der Waals surface area contributed by atoms with Gasteiger partial charge in [-0.05, 0) is 10.6 Å².